The Kier molecular flexibility index (Phi) is 12.2. The highest BCUT2D eigenvalue weighted by Crippen LogP contribution is 2.38. The number of nitrogens with one attached hydrogen (secondary N) is 4. The van der Waals surface area contributed by atoms with Gasteiger partial charge in [-0.1, -0.05) is 84.5 Å². The Balaban J connectivity index is 0.000000229. The van der Waals surface area contributed by atoms with E-state index in [9.17, 15) is 14.4 Å². The minimum atomic E-state index is -0.192. The zero-order valence-corrected chi connectivity index (χ0v) is 33.2. The van der Waals surface area contributed by atoms with Crippen molar-refractivity contribution in [1.29, 1.82) is 0 Å². The number of hydrogen-bond acceptors (Lipinski definition) is 4. The molecule has 2 aliphatic heterocycles. The first-order valence-electron chi connectivity index (χ1n) is 17.6. The molecule has 0 fully saturated rings. The van der Waals surface area contributed by atoms with Gasteiger partial charge in [0.1, 0.15) is 0 Å². The molecule has 0 unspecified atom stereocenters. The number of fused-ring (bicyclic) bond motifs is 2. The standard InChI is InChI=1S/C28H30Cl2N4O2.C14H9Cl2NO/c1-5-34(6-2)10-9-31-28(36)26-16(3)24(32-17(26)4)15-23-22-8-7-18(13-25(22)33-27(23)35)19-11-20(29)14-21(30)12-19;15-11-3-10(4-12(16)7-11)8-1-2-9-6-14(18)17-13(9)5-8/h7-8,11-15,32H,5-6,9-10H2,1-4H3,(H,31,36)(H,33,35);1-5,7H,6H2,(H,17,18). The van der Waals surface area contributed by atoms with Crippen molar-refractivity contribution in [1.82, 2.24) is 15.2 Å². The summed E-state index contributed by atoms with van der Waals surface area (Å²) in [5, 5.41) is 11.1. The molecule has 1 aromatic heterocycles. The van der Waals surface area contributed by atoms with Crippen molar-refractivity contribution in [2.75, 3.05) is 36.8 Å². The number of carbonyl (C=O) groups excluding carboxylic acids is 3. The Morgan fingerprint density at radius 3 is 1.93 bits per heavy atom. The fraction of sp³-hybridized carbons (Fsp3) is 0.214. The molecule has 0 atom stereocenters. The van der Waals surface area contributed by atoms with Crippen molar-refractivity contribution < 1.29 is 14.4 Å². The van der Waals surface area contributed by atoms with E-state index in [1.165, 1.54) is 0 Å². The second-order valence-corrected chi connectivity index (χ2v) is 14.9. The van der Waals surface area contributed by atoms with Crippen LogP contribution in [0.1, 0.15) is 52.3 Å². The van der Waals surface area contributed by atoms with Crippen LogP contribution in [0.3, 0.4) is 0 Å². The SMILES string of the molecule is CCN(CC)CCNC(=O)c1c(C)[nH]c(C=C2C(=O)Nc3cc(-c4cc(Cl)cc(Cl)c4)ccc32)c1C.O=C1Cc2ccc(-c3cc(Cl)cc(Cl)c3)cc2N1. The number of amides is 3. The van der Waals surface area contributed by atoms with Crippen LogP contribution in [0.2, 0.25) is 20.1 Å². The summed E-state index contributed by atoms with van der Waals surface area (Å²) < 4.78 is 0. The molecule has 278 valence electrons. The zero-order valence-electron chi connectivity index (χ0n) is 30.2. The molecule has 7 rings (SSSR count). The number of carbonyl (C=O) groups is 3. The molecule has 0 saturated heterocycles. The summed E-state index contributed by atoms with van der Waals surface area (Å²) in [6.07, 6.45) is 2.26. The van der Waals surface area contributed by atoms with E-state index in [1.54, 1.807) is 12.1 Å². The topological polar surface area (TPSA) is 106 Å². The summed E-state index contributed by atoms with van der Waals surface area (Å²) in [5.41, 5.74) is 10.6. The third kappa shape index (κ3) is 8.86. The number of likely N-dealkylation sites (N-methyl/N-ethyl adjacent to an activating group) is 1. The fourth-order valence-corrected chi connectivity index (χ4v) is 7.76. The molecule has 5 aromatic rings. The number of hydrogen-bond donors (Lipinski definition) is 4. The van der Waals surface area contributed by atoms with Gasteiger partial charge in [-0.15, -0.1) is 0 Å². The number of benzene rings is 4. The van der Waals surface area contributed by atoms with Gasteiger partial charge in [-0.25, -0.2) is 0 Å². The van der Waals surface area contributed by atoms with Crippen LogP contribution in [-0.4, -0.2) is 53.8 Å². The van der Waals surface area contributed by atoms with Crippen LogP contribution in [0, 0.1) is 13.8 Å². The Bertz CT molecular complexity index is 2270. The zero-order chi connectivity index (χ0) is 38.7. The first-order valence-corrected chi connectivity index (χ1v) is 19.1. The van der Waals surface area contributed by atoms with Crippen LogP contribution in [0.5, 0.6) is 0 Å². The third-order valence-corrected chi connectivity index (χ3v) is 10.4. The molecule has 0 spiro atoms. The van der Waals surface area contributed by atoms with E-state index in [-0.39, 0.29) is 17.7 Å². The number of aromatic nitrogens is 1. The van der Waals surface area contributed by atoms with E-state index in [2.05, 4.69) is 39.7 Å². The van der Waals surface area contributed by atoms with Gasteiger partial charge in [0.15, 0.2) is 0 Å². The van der Waals surface area contributed by atoms with Gasteiger partial charge in [0.2, 0.25) is 5.91 Å². The molecule has 12 heteroatoms. The van der Waals surface area contributed by atoms with Gasteiger partial charge in [-0.2, -0.15) is 0 Å². The molecule has 8 nitrogen and oxygen atoms in total. The second-order valence-electron chi connectivity index (χ2n) is 13.1. The Morgan fingerprint density at radius 1 is 0.759 bits per heavy atom. The highest BCUT2D eigenvalue weighted by molar-refractivity contribution is 6.36. The van der Waals surface area contributed by atoms with Crippen LogP contribution in [0.15, 0.2) is 72.8 Å². The summed E-state index contributed by atoms with van der Waals surface area (Å²) in [7, 11) is 0. The summed E-state index contributed by atoms with van der Waals surface area (Å²) in [6.45, 7) is 11.3. The Hall–Kier alpha value is -4.57. The van der Waals surface area contributed by atoms with Gasteiger partial charge in [0, 0.05) is 61.5 Å². The lowest BCUT2D eigenvalue weighted by Crippen LogP contribution is -2.35. The molecule has 0 saturated carbocycles. The van der Waals surface area contributed by atoms with Crippen LogP contribution in [0.25, 0.3) is 33.9 Å². The van der Waals surface area contributed by atoms with Crippen molar-refractivity contribution >= 4 is 87.1 Å². The molecule has 3 amide bonds. The molecular formula is C42H39Cl4N5O3. The highest BCUT2D eigenvalue weighted by atomic mass is 35.5. The van der Waals surface area contributed by atoms with Gasteiger partial charge in [0.25, 0.3) is 11.8 Å². The van der Waals surface area contributed by atoms with Crippen LogP contribution < -0.4 is 16.0 Å². The minimum absolute atomic E-state index is 0.0336. The van der Waals surface area contributed by atoms with Crippen molar-refractivity contribution in [3.63, 3.8) is 0 Å². The summed E-state index contributed by atoms with van der Waals surface area (Å²) in [6, 6.07) is 22.4. The number of anilines is 2. The van der Waals surface area contributed by atoms with E-state index in [1.807, 2.05) is 80.6 Å². The van der Waals surface area contributed by atoms with Gasteiger partial charge < -0.3 is 25.8 Å². The highest BCUT2D eigenvalue weighted by Gasteiger charge is 2.26. The first kappa shape index (κ1) is 39.1. The molecule has 54 heavy (non-hydrogen) atoms. The number of H-pyrrole nitrogens is 1. The van der Waals surface area contributed by atoms with Gasteiger partial charge >= 0.3 is 0 Å². The molecule has 4 N–H and O–H groups in total. The number of rotatable bonds is 9. The maximum absolute atomic E-state index is 12.9. The van der Waals surface area contributed by atoms with E-state index in [4.69, 9.17) is 46.4 Å². The first-order chi connectivity index (χ1) is 25.8. The van der Waals surface area contributed by atoms with Gasteiger partial charge in [0.05, 0.1) is 17.6 Å². The summed E-state index contributed by atoms with van der Waals surface area (Å²) >= 11 is 24.3. The van der Waals surface area contributed by atoms with Crippen molar-refractivity contribution in [3.05, 3.63) is 127 Å². The van der Waals surface area contributed by atoms with E-state index in [0.29, 0.717) is 44.2 Å². The van der Waals surface area contributed by atoms with Crippen LogP contribution in [0.4, 0.5) is 11.4 Å². The molecule has 2 aliphatic rings. The Morgan fingerprint density at radius 2 is 1.33 bits per heavy atom. The van der Waals surface area contributed by atoms with E-state index in [0.717, 1.165) is 81.3 Å². The van der Waals surface area contributed by atoms with Crippen molar-refractivity contribution in [3.8, 4) is 22.3 Å². The number of aryl methyl sites for hydroxylation is 1. The average Bonchev–Trinajstić information content (AvgIpc) is 3.75. The van der Waals surface area contributed by atoms with Crippen LogP contribution >= 0.6 is 46.4 Å². The average molecular weight is 804 g/mol. The van der Waals surface area contributed by atoms with E-state index < -0.39 is 0 Å². The quantitative estimate of drug-likeness (QED) is 0.111. The third-order valence-electron chi connectivity index (χ3n) is 9.53. The van der Waals surface area contributed by atoms with Crippen molar-refractivity contribution in [2.24, 2.45) is 0 Å². The molecule has 0 aliphatic carbocycles. The summed E-state index contributed by atoms with van der Waals surface area (Å²) in [4.78, 5) is 42.6. The van der Waals surface area contributed by atoms with Gasteiger partial charge in [-0.05, 0) is 115 Å². The molecule has 0 radical (unpaired) electrons. The smallest absolute Gasteiger partial charge is 0.256 e. The lowest BCUT2D eigenvalue weighted by Gasteiger charge is -2.18. The maximum Gasteiger partial charge on any atom is 0.256 e. The molecule has 3 heterocycles. The lowest BCUT2D eigenvalue weighted by molar-refractivity contribution is -0.115. The number of nitrogens with zero attached hydrogens (tertiary/aromatic N) is 1. The fourth-order valence-electron chi connectivity index (χ4n) is 6.71. The van der Waals surface area contributed by atoms with Crippen molar-refractivity contribution in [2.45, 2.75) is 34.1 Å². The Labute approximate surface area is 334 Å². The van der Waals surface area contributed by atoms with E-state index >= 15 is 0 Å². The maximum atomic E-state index is 12.9. The predicted octanol–water partition coefficient (Wildman–Crippen LogP) is 10.3. The molecule has 4 aromatic carbocycles. The minimum Gasteiger partial charge on any atom is -0.358 e. The molecular weight excluding hydrogens is 764 g/mol. The largest absolute Gasteiger partial charge is 0.358 e. The molecule has 0 bridgehead atoms. The van der Waals surface area contributed by atoms with Gasteiger partial charge in [-0.3, -0.25) is 14.4 Å². The van der Waals surface area contributed by atoms with Crippen LogP contribution in [-0.2, 0) is 16.0 Å². The number of halogens is 4. The normalized spacial score (nSPS) is 13.7. The number of aromatic amines is 1. The lowest BCUT2D eigenvalue weighted by atomic mass is 9.99. The monoisotopic (exact) mass is 801 g/mol. The summed E-state index contributed by atoms with van der Waals surface area (Å²) in [5.74, 6) is -0.270. The second kappa shape index (κ2) is 16.8. The predicted molar refractivity (Wildman–Crippen MR) is 223 cm³/mol.